The van der Waals surface area contributed by atoms with Crippen molar-refractivity contribution >= 4 is 23.3 Å². The number of rotatable bonds is 5. The molecule has 5 heteroatoms. The molecule has 102 valence electrons. The highest BCUT2D eigenvalue weighted by Gasteiger charge is 2.16. The molecule has 0 aliphatic rings. The van der Waals surface area contributed by atoms with Crippen LogP contribution in [0.25, 0.3) is 0 Å². The molecule has 0 radical (unpaired) electrons. The predicted octanol–water partition coefficient (Wildman–Crippen LogP) is 3.41. The van der Waals surface area contributed by atoms with E-state index >= 15 is 0 Å². The number of nitrogens with zero attached hydrogens (tertiary/aromatic N) is 1. The summed E-state index contributed by atoms with van der Waals surface area (Å²) < 4.78 is 5.12. The van der Waals surface area contributed by atoms with Gasteiger partial charge in [0.15, 0.2) is 0 Å². The van der Waals surface area contributed by atoms with Gasteiger partial charge >= 0.3 is 5.97 Å². The Balaban J connectivity index is 2.44. The van der Waals surface area contributed by atoms with Gasteiger partial charge in [0.25, 0.3) is 0 Å². The number of hydrogen-bond donors (Lipinski definition) is 1. The van der Waals surface area contributed by atoms with Gasteiger partial charge in [-0.2, -0.15) is 5.26 Å². The standard InChI is InChI=1S/C14H17ClN2O2/c1-14(2,9-16)6-3-7-19-13(18)10-4-5-12(17)11(15)8-10/h4-5,8H,3,6-7,17H2,1-2H3. The Bertz CT molecular complexity index is 507. The highest BCUT2D eigenvalue weighted by molar-refractivity contribution is 6.33. The van der Waals surface area contributed by atoms with E-state index < -0.39 is 11.4 Å². The third-order valence-corrected chi connectivity index (χ3v) is 3.05. The van der Waals surface area contributed by atoms with E-state index in [1.807, 2.05) is 13.8 Å². The van der Waals surface area contributed by atoms with Gasteiger partial charge in [0.1, 0.15) is 0 Å². The largest absolute Gasteiger partial charge is 0.462 e. The second kappa shape index (κ2) is 6.44. The van der Waals surface area contributed by atoms with Gasteiger partial charge in [0.05, 0.1) is 34.4 Å². The number of nitrogen functional groups attached to an aromatic ring is 1. The first-order chi connectivity index (χ1) is 8.85. The van der Waals surface area contributed by atoms with E-state index in [9.17, 15) is 4.79 Å². The zero-order valence-electron chi connectivity index (χ0n) is 11.1. The van der Waals surface area contributed by atoms with Crippen LogP contribution in [0.4, 0.5) is 5.69 Å². The molecule has 0 unspecified atom stereocenters. The minimum absolute atomic E-state index is 0.284. The molecule has 1 aromatic rings. The van der Waals surface area contributed by atoms with Crippen molar-refractivity contribution in [3.63, 3.8) is 0 Å². The van der Waals surface area contributed by atoms with Crippen molar-refractivity contribution in [2.45, 2.75) is 26.7 Å². The average Bonchev–Trinajstić information content (AvgIpc) is 2.37. The second-order valence-corrected chi connectivity index (χ2v) is 5.38. The molecule has 0 heterocycles. The number of carbonyl (C=O) groups is 1. The number of hydrogen-bond acceptors (Lipinski definition) is 4. The monoisotopic (exact) mass is 280 g/mol. The minimum Gasteiger partial charge on any atom is -0.462 e. The lowest BCUT2D eigenvalue weighted by Gasteiger charge is -2.14. The van der Waals surface area contributed by atoms with Crippen LogP contribution in [0.5, 0.6) is 0 Å². The van der Waals surface area contributed by atoms with Crippen LogP contribution in [0.3, 0.4) is 0 Å². The Morgan fingerprint density at radius 2 is 2.21 bits per heavy atom. The summed E-state index contributed by atoms with van der Waals surface area (Å²) in [5, 5.41) is 9.19. The molecule has 19 heavy (non-hydrogen) atoms. The molecule has 0 atom stereocenters. The number of carbonyl (C=O) groups excluding carboxylic acids is 1. The molecule has 0 saturated heterocycles. The molecule has 0 aliphatic carbocycles. The fraction of sp³-hybridized carbons (Fsp3) is 0.429. The predicted molar refractivity (Wildman–Crippen MR) is 74.8 cm³/mol. The lowest BCUT2D eigenvalue weighted by atomic mass is 9.90. The van der Waals surface area contributed by atoms with E-state index in [2.05, 4.69) is 6.07 Å². The second-order valence-electron chi connectivity index (χ2n) is 4.97. The zero-order chi connectivity index (χ0) is 14.5. The lowest BCUT2D eigenvalue weighted by molar-refractivity contribution is 0.0491. The topological polar surface area (TPSA) is 76.1 Å². The van der Waals surface area contributed by atoms with E-state index in [0.29, 0.717) is 29.1 Å². The van der Waals surface area contributed by atoms with E-state index in [1.165, 1.54) is 6.07 Å². The van der Waals surface area contributed by atoms with Crippen LogP contribution in [0.15, 0.2) is 18.2 Å². The average molecular weight is 281 g/mol. The summed E-state index contributed by atoms with van der Waals surface area (Å²) in [6.45, 7) is 4.00. The van der Waals surface area contributed by atoms with E-state index in [1.54, 1.807) is 12.1 Å². The zero-order valence-corrected chi connectivity index (χ0v) is 11.8. The first-order valence-electron chi connectivity index (χ1n) is 5.99. The van der Waals surface area contributed by atoms with Crippen molar-refractivity contribution < 1.29 is 9.53 Å². The van der Waals surface area contributed by atoms with Crippen LogP contribution < -0.4 is 5.73 Å². The molecular formula is C14H17ClN2O2. The van der Waals surface area contributed by atoms with Gasteiger partial charge in [-0.15, -0.1) is 0 Å². The highest BCUT2D eigenvalue weighted by Crippen LogP contribution is 2.22. The normalized spacial score (nSPS) is 10.8. The summed E-state index contributed by atoms with van der Waals surface area (Å²) in [5.41, 5.74) is 5.97. The van der Waals surface area contributed by atoms with Gasteiger partial charge < -0.3 is 10.5 Å². The third-order valence-electron chi connectivity index (χ3n) is 2.72. The maximum atomic E-state index is 11.7. The van der Waals surface area contributed by atoms with Crippen LogP contribution >= 0.6 is 11.6 Å². The van der Waals surface area contributed by atoms with Crippen LogP contribution in [0, 0.1) is 16.7 Å². The SMILES string of the molecule is CC(C)(C#N)CCCOC(=O)c1ccc(N)c(Cl)c1. The number of esters is 1. The molecule has 2 N–H and O–H groups in total. The summed E-state index contributed by atoms with van der Waals surface area (Å²) in [5.74, 6) is -0.434. The molecular weight excluding hydrogens is 264 g/mol. The summed E-state index contributed by atoms with van der Waals surface area (Å²) in [6.07, 6.45) is 1.33. The van der Waals surface area contributed by atoms with E-state index in [0.717, 1.165) is 0 Å². The fourth-order valence-corrected chi connectivity index (χ4v) is 1.65. The molecule has 1 rings (SSSR count). The van der Waals surface area contributed by atoms with Gasteiger partial charge in [-0.3, -0.25) is 0 Å². The number of halogens is 1. The Hall–Kier alpha value is -1.73. The molecule has 0 aromatic heterocycles. The maximum Gasteiger partial charge on any atom is 0.338 e. The molecule has 0 amide bonds. The van der Waals surface area contributed by atoms with E-state index in [-0.39, 0.29) is 6.61 Å². The van der Waals surface area contributed by atoms with Crippen LogP contribution in [0.1, 0.15) is 37.0 Å². The quantitative estimate of drug-likeness (QED) is 0.509. The fourth-order valence-electron chi connectivity index (χ4n) is 1.47. The molecule has 0 bridgehead atoms. The van der Waals surface area contributed by atoms with E-state index in [4.69, 9.17) is 27.3 Å². The lowest BCUT2D eigenvalue weighted by Crippen LogP contribution is -2.11. The van der Waals surface area contributed by atoms with Crippen molar-refractivity contribution in [1.29, 1.82) is 5.26 Å². The Kier molecular flexibility index (Phi) is 5.20. The number of anilines is 1. The van der Waals surface area contributed by atoms with Crippen molar-refractivity contribution in [3.05, 3.63) is 28.8 Å². The number of nitriles is 1. The van der Waals surface area contributed by atoms with Gasteiger partial charge in [0.2, 0.25) is 0 Å². The molecule has 0 aliphatic heterocycles. The Morgan fingerprint density at radius 3 is 2.79 bits per heavy atom. The first-order valence-corrected chi connectivity index (χ1v) is 6.37. The van der Waals surface area contributed by atoms with Crippen molar-refractivity contribution in [1.82, 2.24) is 0 Å². The highest BCUT2D eigenvalue weighted by atomic mass is 35.5. The van der Waals surface area contributed by atoms with Crippen molar-refractivity contribution in [2.24, 2.45) is 5.41 Å². The summed E-state index contributed by atoms with van der Waals surface area (Å²) in [4.78, 5) is 11.7. The van der Waals surface area contributed by atoms with Crippen molar-refractivity contribution in [2.75, 3.05) is 12.3 Å². The molecule has 4 nitrogen and oxygen atoms in total. The Labute approximate surface area is 118 Å². The maximum absolute atomic E-state index is 11.7. The number of ether oxygens (including phenoxy) is 1. The third kappa shape index (κ3) is 4.80. The summed E-state index contributed by atoms with van der Waals surface area (Å²) in [6, 6.07) is 6.83. The molecule has 0 spiro atoms. The van der Waals surface area contributed by atoms with Gasteiger partial charge in [-0.25, -0.2) is 4.79 Å². The molecule has 0 fully saturated rings. The smallest absolute Gasteiger partial charge is 0.338 e. The number of nitrogens with two attached hydrogens (primary N) is 1. The molecule has 0 saturated carbocycles. The minimum atomic E-state index is -0.434. The Morgan fingerprint density at radius 1 is 1.53 bits per heavy atom. The molecule has 1 aromatic carbocycles. The first kappa shape index (κ1) is 15.3. The van der Waals surface area contributed by atoms with Gasteiger partial charge in [0, 0.05) is 0 Å². The summed E-state index contributed by atoms with van der Waals surface area (Å²) >= 11 is 5.83. The van der Waals surface area contributed by atoms with Crippen molar-refractivity contribution in [3.8, 4) is 6.07 Å². The van der Waals surface area contributed by atoms with Crippen LogP contribution in [0.2, 0.25) is 5.02 Å². The summed E-state index contributed by atoms with van der Waals surface area (Å²) in [7, 11) is 0. The van der Waals surface area contributed by atoms with Crippen LogP contribution in [-0.2, 0) is 4.74 Å². The van der Waals surface area contributed by atoms with Gasteiger partial charge in [-0.1, -0.05) is 11.6 Å². The number of benzene rings is 1. The van der Waals surface area contributed by atoms with Crippen LogP contribution in [-0.4, -0.2) is 12.6 Å². The van der Waals surface area contributed by atoms with Gasteiger partial charge in [-0.05, 0) is 44.9 Å².